The van der Waals surface area contributed by atoms with E-state index in [9.17, 15) is 14.9 Å². The van der Waals surface area contributed by atoms with Gasteiger partial charge in [-0.05, 0) is 37.1 Å². The van der Waals surface area contributed by atoms with Crippen LogP contribution in [-0.2, 0) is 11.2 Å². The Morgan fingerprint density at radius 3 is 2.57 bits per heavy atom. The average Bonchev–Trinajstić information content (AvgIpc) is 3.07. The van der Waals surface area contributed by atoms with Crippen LogP contribution in [0.25, 0.3) is 10.8 Å². The zero-order chi connectivity index (χ0) is 21.1. The van der Waals surface area contributed by atoms with E-state index >= 15 is 0 Å². The highest BCUT2D eigenvalue weighted by atomic mass is 32.2. The van der Waals surface area contributed by atoms with Gasteiger partial charge < -0.3 is 9.47 Å². The van der Waals surface area contributed by atoms with Gasteiger partial charge in [0.15, 0.2) is 0 Å². The molecule has 0 bridgehead atoms. The lowest BCUT2D eigenvalue weighted by atomic mass is 10.0. The van der Waals surface area contributed by atoms with Gasteiger partial charge in [-0.2, -0.15) is 5.26 Å². The van der Waals surface area contributed by atoms with Crippen LogP contribution in [0.4, 0.5) is 4.79 Å². The average molecular weight is 418 g/mol. The highest BCUT2D eigenvalue weighted by Gasteiger charge is 2.32. The number of fused-ring (bicyclic) bond motifs is 1. The molecule has 3 aromatic carbocycles. The van der Waals surface area contributed by atoms with Crippen LogP contribution in [0.15, 0.2) is 54.6 Å². The molecule has 2 amide bonds. The minimum Gasteiger partial charge on any atom is -0.493 e. The Balaban J connectivity index is 1.64. The second-order valence-corrected chi connectivity index (χ2v) is 7.84. The molecule has 3 aromatic rings. The predicted octanol–water partition coefficient (Wildman–Crippen LogP) is 4.80. The van der Waals surface area contributed by atoms with E-state index in [1.54, 1.807) is 18.2 Å². The summed E-state index contributed by atoms with van der Waals surface area (Å²) in [7, 11) is 0. The third kappa shape index (κ3) is 3.95. The first-order valence-electron chi connectivity index (χ1n) is 9.46. The SMILES string of the molecule is CCOc1cc(Oc2ccc(C#N)c3ccccc23)ccc1CC1SC(=O)NC1=O. The molecule has 0 aromatic heterocycles. The van der Waals surface area contributed by atoms with E-state index in [2.05, 4.69) is 11.4 Å². The molecular formula is C23H18N2O4S. The van der Waals surface area contributed by atoms with Crippen LogP contribution >= 0.6 is 11.8 Å². The zero-order valence-electron chi connectivity index (χ0n) is 16.2. The minimum absolute atomic E-state index is 0.281. The molecule has 0 spiro atoms. The van der Waals surface area contributed by atoms with Crippen LogP contribution < -0.4 is 14.8 Å². The van der Waals surface area contributed by atoms with Gasteiger partial charge in [-0.1, -0.05) is 42.1 Å². The lowest BCUT2D eigenvalue weighted by Crippen LogP contribution is -2.25. The van der Waals surface area contributed by atoms with Crippen LogP contribution in [0.5, 0.6) is 17.2 Å². The summed E-state index contributed by atoms with van der Waals surface area (Å²) in [5, 5.41) is 12.5. The van der Waals surface area contributed by atoms with E-state index in [4.69, 9.17) is 9.47 Å². The van der Waals surface area contributed by atoms with Crippen molar-refractivity contribution in [3.05, 3.63) is 65.7 Å². The lowest BCUT2D eigenvalue weighted by molar-refractivity contribution is -0.118. The quantitative estimate of drug-likeness (QED) is 0.619. The fourth-order valence-electron chi connectivity index (χ4n) is 3.37. The molecule has 1 aliphatic rings. The number of ether oxygens (including phenoxy) is 2. The Morgan fingerprint density at radius 1 is 1.07 bits per heavy atom. The number of hydrogen-bond donors (Lipinski definition) is 1. The number of thioether (sulfide) groups is 1. The maximum Gasteiger partial charge on any atom is 0.286 e. The van der Waals surface area contributed by atoms with Crippen LogP contribution in [0.1, 0.15) is 18.1 Å². The number of nitrogens with one attached hydrogen (secondary N) is 1. The second kappa shape index (κ2) is 8.47. The highest BCUT2D eigenvalue weighted by molar-refractivity contribution is 8.15. The summed E-state index contributed by atoms with van der Waals surface area (Å²) in [6, 6.07) is 18.7. The molecule has 1 atom stereocenters. The fraction of sp³-hybridized carbons (Fsp3) is 0.174. The Labute approximate surface area is 177 Å². The maximum atomic E-state index is 11.9. The number of rotatable bonds is 6. The largest absolute Gasteiger partial charge is 0.493 e. The van der Waals surface area contributed by atoms with Gasteiger partial charge in [0.05, 0.1) is 23.5 Å². The van der Waals surface area contributed by atoms with Crippen molar-refractivity contribution in [1.29, 1.82) is 5.26 Å². The lowest BCUT2D eigenvalue weighted by Gasteiger charge is -2.15. The van der Waals surface area contributed by atoms with Gasteiger partial charge in [0.25, 0.3) is 5.24 Å². The van der Waals surface area contributed by atoms with Crippen LogP contribution in [0.3, 0.4) is 0 Å². The summed E-state index contributed by atoms with van der Waals surface area (Å²) >= 11 is 0.994. The number of hydrogen-bond acceptors (Lipinski definition) is 6. The third-order valence-electron chi connectivity index (χ3n) is 4.74. The summed E-state index contributed by atoms with van der Waals surface area (Å²) in [5.41, 5.74) is 1.42. The molecule has 1 heterocycles. The molecule has 1 saturated heterocycles. The van der Waals surface area contributed by atoms with Crippen molar-refractivity contribution < 1.29 is 19.1 Å². The van der Waals surface area contributed by atoms with E-state index in [1.807, 2.05) is 43.3 Å². The van der Waals surface area contributed by atoms with Crippen molar-refractivity contribution >= 4 is 33.7 Å². The first kappa shape index (κ1) is 19.8. The normalized spacial score (nSPS) is 15.7. The third-order valence-corrected chi connectivity index (χ3v) is 5.72. The highest BCUT2D eigenvalue weighted by Crippen LogP contribution is 2.35. The number of carbonyl (C=O) groups is 2. The number of carbonyl (C=O) groups excluding carboxylic acids is 2. The van der Waals surface area contributed by atoms with Crippen molar-refractivity contribution in [3.8, 4) is 23.3 Å². The topological polar surface area (TPSA) is 88.4 Å². The summed E-state index contributed by atoms with van der Waals surface area (Å²) < 4.78 is 11.9. The van der Waals surface area contributed by atoms with Crippen LogP contribution in [0.2, 0.25) is 0 Å². The van der Waals surface area contributed by atoms with Crippen molar-refractivity contribution in [3.63, 3.8) is 0 Å². The first-order valence-corrected chi connectivity index (χ1v) is 10.3. The molecule has 1 unspecified atom stereocenters. The molecular weight excluding hydrogens is 400 g/mol. The molecule has 0 radical (unpaired) electrons. The Bertz CT molecular complexity index is 1190. The second-order valence-electron chi connectivity index (χ2n) is 6.66. The molecule has 0 saturated carbocycles. The summed E-state index contributed by atoms with van der Waals surface area (Å²) in [6.07, 6.45) is 0.387. The number of imide groups is 1. The summed E-state index contributed by atoms with van der Waals surface area (Å²) in [5.74, 6) is 1.55. The molecule has 1 fully saturated rings. The molecule has 4 rings (SSSR count). The fourth-order valence-corrected chi connectivity index (χ4v) is 4.22. The van der Waals surface area contributed by atoms with E-state index in [1.165, 1.54) is 0 Å². The molecule has 150 valence electrons. The van der Waals surface area contributed by atoms with Gasteiger partial charge in [0, 0.05) is 16.8 Å². The molecule has 1 N–H and O–H groups in total. The van der Waals surface area contributed by atoms with Gasteiger partial charge in [0.2, 0.25) is 5.91 Å². The summed E-state index contributed by atoms with van der Waals surface area (Å²) in [6.45, 7) is 2.34. The van der Waals surface area contributed by atoms with Gasteiger partial charge in [-0.25, -0.2) is 0 Å². The molecule has 1 aliphatic heterocycles. The summed E-state index contributed by atoms with van der Waals surface area (Å²) in [4.78, 5) is 23.3. The molecule has 0 aliphatic carbocycles. The Hall–Kier alpha value is -3.50. The van der Waals surface area contributed by atoms with Crippen molar-refractivity contribution in [2.24, 2.45) is 0 Å². The maximum absolute atomic E-state index is 11.9. The number of benzene rings is 3. The van der Waals surface area contributed by atoms with Gasteiger partial charge >= 0.3 is 0 Å². The van der Waals surface area contributed by atoms with E-state index in [0.29, 0.717) is 35.8 Å². The van der Waals surface area contributed by atoms with Crippen molar-refractivity contribution in [1.82, 2.24) is 5.32 Å². The van der Waals surface area contributed by atoms with Gasteiger partial charge in [-0.3, -0.25) is 14.9 Å². The molecule has 30 heavy (non-hydrogen) atoms. The Kier molecular flexibility index (Phi) is 5.59. The Morgan fingerprint density at radius 2 is 1.87 bits per heavy atom. The van der Waals surface area contributed by atoms with Gasteiger partial charge in [0.1, 0.15) is 17.2 Å². The smallest absolute Gasteiger partial charge is 0.286 e. The minimum atomic E-state index is -0.467. The first-order chi connectivity index (χ1) is 14.6. The number of nitriles is 1. The van der Waals surface area contributed by atoms with Gasteiger partial charge in [-0.15, -0.1) is 0 Å². The number of nitrogens with zero attached hydrogens (tertiary/aromatic N) is 1. The predicted molar refractivity (Wildman–Crippen MR) is 115 cm³/mol. The van der Waals surface area contributed by atoms with E-state index < -0.39 is 5.25 Å². The van der Waals surface area contributed by atoms with Crippen LogP contribution in [0, 0.1) is 11.3 Å². The molecule has 7 heteroatoms. The van der Waals surface area contributed by atoms with E-state index in [0.717, 1.165) is 28.1 Å². The molecule has 6 nitrogen and oxygen atoms in total. The van der Waals surface area contributed by atoms with E-state index in [-0.39, 0.29) is 11.1 Å². The zero-order valence-corrected chi connectivity index (χ0v) is 17.0. The standard InChI is InChI=1S/C23H18N2O4S/c1-2-28-20-12-16(9-7-14(20)11-21-22(26)25-23(27)30-21)29-19-10-8-15(13-24)17-5-3-4-6-18(17)19/h3-10,12,21H,2,11H2,1H3,(H,25,26,27). The van der Waals surface area contributed by atoms with Crippen molar-refractivity contribution in [2.75, 3.05) is 6.61 Å². The number of amides is 2. The van der Waals surface area contributed by atoms with Crippen molar-refractivity contribution in [2.45, 2.75) is 18.6 Å². The monoisotopic (exact) mass is 418 g/mol. The van der Waals surface area contributed by atoms with Crippen LogP contribution in [-0.4, -0.2) is 23.0 Å².